The van der Waals surface area contributed by atoms with E-state index in [4.69, 9.17) is 0 Å². The van der Waals surface area contributed by atoms with E-state index in [1.54, 1.807) is 10.9 Å². The molecular weight excluding hydrogens is 214 g/mol. The van der Waals surface area contributed by atoms with Gasteiger partial charge in [0.05, 0.1) is 0 Å². The lowest BCUT2D eigenvalue weighted by Crippen LogP contribution is -2.25. The van der Waals surface area contributed by atoms with Gasteiger partial charge in [-0.25, -0.2) is 0 Å². The van der Waals surface area contributed by atoms with Crippen LogP contribution in [0.1, 0.15) is 18.0 Å². The van der Waals surface area contributed by atoms with Crippen LogP contribution in [-0.2, 0) is 11.2 Å². The number of nitrogens with zero attached hydrogens (tertiary/aromatic N) is 2. The minimum absolute atomic E-state index is 0.0126. The topological polar surface area (TPSA) is 46.9 Å². The molecule has 1 atom stereocenters. The van der Waals surface area contributed by atoms with E-state index in [0.717, 1.165) is 18.5 Å². The summed E-state index contributed by atoms with van der Waals surface area (Å²) in [5.74, 6) is 0.0126. The SMILES string of the molecule is O=C1Nc2ccccc2CCC1n1cccn1. The Bertz CT molecular complexity index is 533. The summed E-state index contributed by atoms with van der Waals surface area (Å²) in [4.78, 5) is 12.1. The fraction of sp³-hybridized carbons (Fsp3) is 0.231. The van der Waals surface area contributed by atoms with Crippen LogP contribution in [0, 0.1) is 0 Å². The molecule has 1 unspecified atom stereocenters. The Morgan fingerprint density at radius 1 is 1.29 bits per heavy atom. The second-order valence-electron chi connectivity index (χ2n) is 4.19. The van der Waals surface area contributed by atoms with Gasteiger partial charge in [0.25, 0.3) is 0 Å². The molecule has 86 valence electrons. The molecule has 1 N–H and O–H groups in total. The average molecular weight is 227 g/mol. The minimum Gasteiger partial charge on any atom is -0.324 e. The molecule has 4 nitrogen and oxygen atoms in total. The standard InChI is InChI=1S/C13H13N3O/c17-13-12(16-9-3-8-14-16)7-6-10-4-1-2-5-11(10)15-13/h1-5,8-9,12H,6-7H2,(H,15,17). The van der Waals surface area contributed by atoms with E-state index >= 15 is 0 Å². The highest BCUT2D eigenvalue weighted by molar-refractivity contribution is 5.95. The Labute approximate surface area is 99.3 Å². The molecule has 4 heteroatoms. The van der Waals surface area contributed by atoms with Gasteiger partial charge in [-0.1, -0.05) is 18.2 Å². The third-order valence-corrected chi connectivity index (χ3v) is 3.11. The quantitative estimate of drug-likeness (QED) is 0.810. The third kappa shape index (κ3) is 1.82. The zero-order chi connectivity index (χ0) is 11.7. The molecule has 2 aromatic rings. The summed E-state index contributed by atoms with van der Waals surface area (Å²) in [6.07, 6.45) is 5.20. The molecule has 2 heterocycles. The summed E-state index contributed by atoms with van der Waals surface area (Å²) >= 11 is 0. The molecule has 1 aliphatic rings. The Hall–Kier alpha value is -2.10. The molecule has 0 saturated carbocycles. The Morgan fingerprint density at radius 2 is 2.18 bits per heavy atom. The lowest BCUT2D eigenvalue weighted by Gasteiger charge is -2.13. The number of hydrogen-bond acceptors (Lipinski definition) is 2. The summed E-state index contributed by atoms with van der Waals surface area (Å²) in [5, 5.41) is 7.11. The summed E-state index contributed by atoms with van der Waals surface area (Å²) in [5.41, 5.74) is 2.11. The van der Waals surface area contributed by atoms with Crippen LogP contribution >= 0.6 is 0 Å². The van der Waals surface area contributed by atoms with Gasteiger partial charge in [-0.2, -0.15) is 5.10 Å². The molecule has 1 aromatic carbocycles. The number of hydrogen-bond donors (Lipinski definition) is 1. The number of rotatable bonds is 1. The zero-order valence-corrected chi connectivity index (χ0v) is 9.34. The number of carbonyl (C=O) groups is 1. The lowest BCUT2D eigenvalue weighted by molar-refractivity contribution is -0.119. The number of fused-ring (bicyclic) bond motifs is 1. The highest BCUT2D eigenvalue weighted by Gasteiger charge is 2.24. The minimum atomic E-state index is -0.211. The van der Waals surface area contributed by atoms with E-state index in [0.29, 0.717) is 0 Å². The van der Waals surface area contributed by atoms with Gasteiger partial charge < -0.3 is 5.32 Å². The van der Waals surface area contributed by atoms with Crippen LogP contribution in [0.2, 0.25) is 0 Å². The van der Waals surface area contributed by atoms with Gasteiger partial charge in [0.1, 0.15) is 6.04 Å². The van der Waals surface area contributed by atoms with Gasteiger partial charge in [0, 0.05) is 18.1 Å². The maximum Gasteiger partial charge on any atom is 0.249 e. The van der Waals surface area contributed by atoms with Crippen molar-refractivity contribution in [1.29, 1.82) is 0 Å². The van der Waals surface area contributed by atoms with Crippen molar-refractivity contribution >= 4 is 11.6 Å². The van der Waals surface area contributed by atoms with Crippen molar-refractivity contribution in [3.05, 3.63) is 48.3 Å². The van der Waals surface area contributed by atoms with Crippen molar-refractivity contribution in [1.82, 2.24) is 9.78 Å². The van der Waals surface area contributed by atoms with Gasteiger partial charge in [-0.3, -0.25) is 9.48 Å². The molecule has 1 aliphatic heterocycles. The van der Waals surface area contributed by atoms with E-state index in [2.05, 4.69) is 16.5 Å². The molecule has 0 radical (unpaired) electrons. The van der Waals surface area contributed by atoms with Crippen LogP contribution in [0.5, 0.6) is 0 Å². The van der Waals surface area contributed by atoms with Crippen molar-refractivity contribution in [2.75, 3.05) is 5.32 Å². The molecule has 0 spiro atoms. The summed E-state index contributed by atoms with van der Waals surface area (Å²) in [7, 11) is 0. The van der Waals surface area contributed by atoms with E-state index < -0.39 is 0 Å². The van der Waals surface area contributed by atoms with Crippen LogP contribution in [0.3, 0.4) is 0 Å². The molecule has 1 amide bonds. The largest absolute Gasteiger partial charge is 0.324 e. The van der Waals surface area contributed by atoms with Gasteiger partial charge >= 0.3 is 0 Å². The van der Waals surface area contributed by atoms with Crippen molar-refractivity contribution < 1.29 is 4.79 Å². The maximum atomic E-state index is 12.1. The molecule has 0 saturated heterocycles. The number of nitrogens with one attached hydrogen (secondary N) is 1. The monoisotopic (exact) mass is 227 g/mol. The van der Waals surface area contributed by atoms with Crippen LogP contribution in [0.25, 0.3) is 0 Å². The molecule has 0 bridgehead atoms. The predicted molar refractivity (Wildman–Crippen MR) is 64.7 cm³/mol. The van der Waals surface area contributed by atoms with Gasteiger partial charge in [-0.15, -0.1) is 0 Å². The van der Waals surface area contributed by atoms with Gasteiger partial charge in [-0.05, 0) is 30.5 Å². The average Bonchev–Trinajstić information content (AvgIpc) is 2.80. The maximum absolute atomic E-state index is 12.1. The fourth-order valence-electron chi connectivity index (χ4n) is 2.22. The van der Waals surface area contributed by atoms with Crippen molar-refractivity contribution in [2.45, 2.75) is 18.9 Å². The third-order valence-electron chi connectivity index (χ3n) is 3.11. The number of anilines is 1. The number of para-hydroxylation sites is 1. The normalized spacial score (nSPS) is 19.3. The second kappa shape index (κ2) is 4.05. The second-order valence-corrected chi connectivity index (χ2v) is 4.19. The molecule has 1 aromatic heterocycles. The van der Waals surface area contributed by atoms with Crippen LogP contribution in [0.15, 0.2) is 42.7 Å². The zero-order valence-electron chi connectivity index (χ0n) is 9.34. The fourth-order valence-corrected chi connectivity index (χ4v) is 2.22. The Kier molecular flexibility index (Phi) is 2.40. The van der Waals surface area contributed by atoms with E-state index in [9.17, 15) is 4.79 Å². The first kappa shape index (κ1) is 10.1. The van der Waals surface area contributed by atoms with Crippen molar-refractivity contribution in [2.24, 2.45) is 0 Å². The summed E-state index contributed by atoms with van der Waals surface area (Å²) < 4.78 is 1.72. The highest BCUT2D eigenvalue weighted by Crippen LogP contribution is 2.26. The molecular formula is C13H13N3O. The summed E-state index contributed by atoms with van der Waals surface area (Å²) in [6, 6.07) is 9.56. The van der Waals surface area contributed by atoms with Crippen molar-refractivity contribution in [3.63, 3.8) is 0 Å². The molecule has 17 heavy (non-hydrogen) atoms. The Morgan fingerprint density at radius 3 is 3.00 bits per heavy atom. The first-order chi connectivity index (χ1) is 8.34. The van der Waals surface area contributed by atoms with Crippen LogP contribution < -0.4 is 5.32 Å². The van der Waals surface area contributed by atoms with Gasteiger partial charge in [0.15, 0.2) is 0 Å². The number of aryl methyl sites for hydroxylation is 1. The van der Waals surface area contributed by atoms with Crippen LogP contribution in [0.4, 0.5) is 5.69 Å². The van der Waals surface area contributed by atoms with Crippen molar-refractivity contribution in [3.8, 4) is 0 Å². The number of amides is 1. The first-order valence-electron chi connectivity index (χ1n) is 5.72. The molecule has 0 aliphatic carbocycles. The lowest BCUT2D eigenvalue weighted by atomic mass is 10.1. The smallest absolute Gasteiger partial charge is 0.249 e. The van der Waals surface area contributed by atoms with Crippen LogP contribution in [-0.4, -0.2) is 15.7 Å². The van der Waals surface area contributed by atoms with E-state index in [1.807, 2.05) is 30.5 Å². The number of aromatic nitrogens is 2. The molecule has 3 rings (SSSR count). The van der Waals surface area contributed by atoms with E-state index in [-0.39, 0.29) is 11.9 Å². The summed E-state index contributed by atoms with van der Waals surface area (Å²) in [6.45, 7) is 0. The Balaban J connectivity index is 1.92. The van der Waals surface area contributed by atoms with Gasteiger partial charge in [0.2, 0.25) is 5.91 Å². The predicted octanol–water partition coefficient (Wildman–Crippen LogP) is 2.01. The molecule has 0 fully saturated rings. The number of carbonyl (C=O) groups excluding carboxylic acids is 1. The first-order valence-corrected chi connectivity index (χ1v) is 5.72. The number of benzene rings is 1. The van der Waals surface area contributed by atoms with E-state index in [1.165, 1.54) is 5.56 Å². The highest BCUT2D eigenvalue weighted by atomic mass is 16.2.